The van der Waals surface area contributed by atoms with Crippen molar-refractivity contribution in [2.45, 2.75) is 13.8 Å². The Hall–Kier alpha value is -4.27. The molecule has 0 unspecified atom stereocenters. The van der Waals surface area contributed by atoms with Gasteiger partial charge in [-0.05, 0) is 36.2 Å². The number of carbonyl (C=O) groups excluding carboxylic acids is 2. The highest BCUT2D eigenvalue weighted by Crippen LogP contribution is 2.36. The first kappa shape index (κ1) is 23.9. The third-order valence-electron chi connectivity index (χ3n) is 5.64. The second-order valence-electron chi connectivity index (χ2n) is 8.78. The van der Waals surface area contributed by atoms with Crippen LogP contribution in [0.4, 0.5) is 16.2 Å². The molecule has 2 aromatic carbocycles. The molecule has 35 heavy (non-hydrogen) atoms. The highest BCUT2D eigenvalue weighted by Gasteiger charge is 2.25. The monoisotopic (exact) mass is 474 g/mol. The summed E-state index contributed by atoms with van der Waals surface area (Å²) in [5, 5.41) is 8.59. The third-order valence-corrected chi connectivity index (χ3v) is 5.64. The summed E-state index contributed by atoms with van der Waals surface area (Å²) in [6.07, 6.45) is 1.75. The van der Waals surface area contributed by atoms with E-state index in [1.54, 1.807) is 13.3 Å². The topological polar surface area (TPSA) is 102 Å². The predicted octanol–water partition coefficient (Wildman–Crippen LogP) is 4.62. The van der Waals surface area contributed by atoms with Crippen molar-refractivity contribution in [3.8, 4) is 17.3 Å². The highest BCUT2D eigenvalue weighted by molar-refractivity contribution is 6.01. The molecule has 0 bridgehead atoms. The fourth-order valence-corrected chi connectivity index (χ4v) is 3.93. The zero-order valence-corrected chi connectivity index (χ0v) is 20.5. The molecule has 2 aromatic heterocycles. The lowest BCUT2D eigenvalue weighted by Gasteiger charge is -2.09. The van der Waals surface area contributed by atoms with Crippen LogP contribution in [0.1, 0.15) is 24.2 Å². The molecule has 4 rings (SSSR count). The second kappa shape index (κ2) is 9.92. The molecular formula is C26H30N6O3. The maximum absolute atomic E-state index is 12.8. The zero-order valence-electron chi connectivity index (χ0n) is 20.5. The SMILES string of the molecule is COc1c(C(=O)NCC(C)C)cn(C)c1-c1nc2cc(NC(=O)Nc3ccccc3)ccc2n1C. The summed E-state index contributed by atoms with van der Waals surface area (Å²) in [5.41, 5.74) is 4.05. The largest absolute Gasteiger partial charge is 0.494 e. The molecular weight excluding hydrogens is 444 g/mol. The number of nitrogens with zero attached hydrogens (tertiary/aromatic N) is 3. The molecule has 2 heterocycles. The molecule has 9 nitrogen and oxygen atoms in total. The quantitative estimate of drug-likeness (QED) is 0.364. The number of aryl methyl sites for hydroxylation is 2. The molecule has 0 aliphatic carbocycles. The molecule has 0 fully saturated rings. The van der Waals surface area contributed by atoms with Crippen LogP contribution in [0.15, 0.2) is 54.7 Å². The Bertz CT molecular complexity index is 1370. The fourth-order valence-electron chi connectivity index (χ4n) is 3.93. The van der Waals surface area contributed by atoms with E-state index in [9.17, 15) is 9.59 Å². The Balaban J connectivity index is 1.63. The lowest BCUT2D eigenvalue weighted by Crippen LogP contribution is -2.27. The number of rotatable bonds is 7. The van der Waals surface area contributed by atoms with Crippen molar-refractivity contribution in [3.05, 3.63) is 60.3 Å². The van der Waals surface area contributed by atoms with E-state index in [0.29, 0.717) is 52.2 Å². The molecule has 0 saturated carbocycles. The van der Waals surface area contributed by atoms with Crippen LogP contribution in [-0.2, 0) is 14.1 Å². The van der Waals surface area contributed by atoms with Gasteiger partial charge in [0.05, 0.1) is 23.7 Å². The van der Waals surface area contributed by atoms with Crippen molar-refractivity contribution < 1.29 is 14.3 Å². The van der Waals surface area contributed by atoms with Gasteiger partial charge in [-0.15, -0.1) is 0 Å². The molecule has 0 aliphatic rings. The van der Waals surface area contributed by atoms with E-state index in [2.05, 4.69) is 16.0 Å². The number of hydrogen-bond acceptors (Lipinski definition) is 4. The van der Waals surface area contributed by atoms with Gasteiger partial charge in [0.25, 0.3) is 5.91 Å². The fraction of sp³-hybridized carbons (Fsp3) is 0.269. The molecule has 0 saturated heterocycles. The van der Waals surface area contributed by atoms with Gasteiger partial charge in [0.15, 0.2) is 11.6 Å². The van der Waals surface area contributed by atoms with E-state index >= 15 is 0 Å². The number of para-hydroxylation sites is 1. The van der Waals surface area contributed by atoms with E-state index in [0.717, 1.165) is 5.52 Å². The van der Waals surface area contributed by atoms with Gasteiger partial charge in [0.2, 0.25) is 0 Å². The van der Waals surface area contributed by atoms with Crippen molar-refractivity contribution >= 4 is 34.3 Å². The van der Waals surface area contributed by atoms with E-state index in [4.69, 9.17) is 9.72 Å². The van der Waals surface area contributed by atoms with Crippen LogP contribution in [-0.4, -0.2) is 39.7 Å². The summed E-state index contributed by atoms with van der Waals surface area (Å²) >= 11 is 0. The van der Waals surface area contributed by atoms with Gasteiger partial charge in [-0.2, -0.15) is 0 Å². The minimum atomic E-state index is -0.340. The molecule has 0 atom stereocenters. The van der Waals surface area contributed by atoms with E-state index in [1.165, 1.54) is 0 Å². The number of anilines is 2. The Morgan fingerprint density at radius 3 is 2.43 bits per heavy atom. The van der Waals surface area contributed by atoms with Crippen LogP contribution in [0.3, 0.4) is 0 Å². The Labute approximate surface area is 204 Å². The van der Waals surface area contributed by atoms with Crippen LogP contribution < -0.4 is 20.7 Å². The van der Waals surface area contributed by atoms with Crippen LogP contribution >= 0.6 is 0 Å². The highest BCUT2D eigenvalue weighted by atomic mass is 16.5. The third kappa shape index (κ3) is 4.98. The van der Waals surface area contributed by atoms with Gasteiger partial charge in [-0.3, -0.25) is 4.79 Å². The molecule has 3 N–H and O–H groups in total. The lowest BCUT2D eigenvalue weighted by atomic mass is 10.2. The van der Waals surface area contributed by atoms with Gasteiger partial charge >= 0.3 is 6.03 Å². The summed E-state index contributed by atoms with van der Waals surface area (Å²) in [5.74, 6) is 1.26. The summed E-state index contributed by atoms with van der Waals surface area (Å²) in [6.45, 7) is 4.66. The number of ether oxygens (including phenoxy) is 1. The van der Waals surface area contributed by atoms with Crippen molar-refractivity contribution in [1.29, 1.82) is 0 Å². The number of urea groups is 1. The van der Waals surface area contributed by atoms with Crippen LogP contribution in [0, 0.1) is 5.92 Å². The minimum Gasteiger partial charge on any atom is -0.494 e. The van der Waals surface area contributed by atoms with Crippen molar-refractivity contribution in [3.63, 3.8) is 0 Å². The number of imidazole rings is 1. The number of hydrogen-bond donors (Lipinski definition) is 3. The van der Waals surface area contributed by atoms with E-state index in [1.807, 2.05) is 85.6 Å². The first-order chi connectivity index (χ1) is 16.8. The molecule has 0 aliphatic heterocycles. The number of nitrogens with one attached hydrogen (secondary N) is 3. The van der Waals surface area contributed by atoms with Crippen LogP contribution in [0.5, 0.6) is 5.75 Å². The average Bonchev–Trinajstić information content (AvgIpc) is 3.33. The van der Waals surface area contributed by atoms with Crippen LogP contribution in [0.25, 0.3) is 22.6 Å². The number of amides is 3. The molecule has 182 valence electrons. The van der Waals surface area contributed by atoms with Gasteiger partial charge < -0.3 is 29.8 Å². The Morgan fingerprint density at radius 1 is 1.03 bits per heavy atom. The maximum atomic E-state index is 12.8. The molecule has 0 spiro atoms. The average molecular weight is 475 g/mol. The molecule has 4 aromatic rings. The van der Waals surface area contributed by atoms with Crippen molar-refractivity contribution in [1.82, 2.24) is 19.4 Å². The first-order valence-corrected chi connectivity index (χ1v) is 11.4. The second-order valence-corrected chi connectivity index (χ2v) is 8.78. The van der Waals surface area contributed by atoms with Crippen molar-refractivity contribution in [2.75, 3.05) is 24.3 Å². The Morgan fingerprint density at radius 2 is 1.74 bits per heavy atom. The lowest BCUT2D eigenvalue weighted by molar-refractivity contribution is 0.0946. The summed E-state index contributed by atoms with van der Waals surface area (Å²) < 4.78 is 9.45. The zero-order chi connectivity index (χ0) is 25.1. The summed E-state index contributed by atoms with van der Waals surface area (Å²) in [4.78, 5) is 30.0. The number of benzene rings is 2. The van der Waals surface area contributed by atoms with E-state index < -0.39 is 0 Å². The summed E-state index contributed by atoms with van der Waals surface area (Å²) in [6, 6.07) is 14.4. The van der Waals surface area contributed by atoms with Gasteiger partial charge in [0.1, 0.15) is 5.69 Å². The number of methoxy groups -OCH3 is 1. The number of aromatic nitrogens is 3. The maximum Gasteiger partial charge on any atom is 0.323 e. The van der Waals surface area contributed by atoms with Gasteiger partial charge in [-0.1, -0.05) is 32.0 Å². The molecule has 9 heteroatoms. The smallest absolute Gasteiger partial charge is 0.323 e. The standard InChI is InChI=1S/C26H30N6O3/c1-16(2)14-27-25(33)19-15-31(3)22(23(19)35-5)24-30-20-13-18(11-12-21(20)32(24)4)29-26(34)28-17-9-7-6-8-10-17/h6-13,15-16H,14H2,1-5H3,(H,27,33)(H2,28,29,34). The van der Waals surface area contributed by atoms with Gasteiger partial charge in [0, 0.05) is 38.2 Å². The normalized spacial score (nSPS) is 11.0. The number of fused-ring (bicyclic) bond motifs is 1. The Kier molecular flexibility index (Phi) is 6.77. The first-order valence-electron chi connectivity index (χ1n) is 11.4. The minimum absolute atomic E-state index is 0.188. The summed E-state index contributed by atoms with van der Waals surface area (Å²) in [7, 11) is 5.32. The number of carbonyl (C=O) groups is 2. The van der Waals surface area contributed by atoms with Crippen molar-refractivity contribution in [2.24, 2.45) is 20.0 Å². The van der Waals surface area contributed by atoms with Crippen LogP contribution in [0.2, 0.25) is 0 Å². The van der Waals surface area contributed by atoms with Gasteiger partial charge in [-0.25, -0.2) is 9.78 Å². The van der Waals surface area contributed by atoms with E-state index in [-0.39, 0.29) is 11.9 Å². The predicted molar refractivity (Wildman–Crippen MR) is 138 cm³/mol. The molecule has 3 amide bonds. The molecule has 0 radical (unpaired) electrons.